The highest BCUT2D eigenvalue weighted by Gasteiger charge is 2.08. The van der Waals surface area contributed by atoms with E-state index in [1.54, 1.807) is 24.4 Å². The quantitative estimate of drug-likeness (QED) is 0.903. The molecule has 1 aromatic heterocycles. The molecule has 0 amide bonds. The van der Waals surface area contributed by atoms with Crippen molar-refractivity contribution < 1.29 is 13.2 Å². The summed E-state index contributed by atoms with van der Waals surface area (Å²) < 4.78 is 28.5. The van der Waals surface area contributed by atoms with Gasteiger partial charge in [0, 0.05) is 19.0 Å². The molecule has 2 rings (SSSR count). The van der Waals surface area contributed by atoms with Crippen molar-refractivity contribution in [2.75, 3.05) is 6.26 Å². The van der Waals surface area contributed by atoms with Crippen molar-refractivity contribution in [3.63, 3.8) is 0 Å². The van der Waals surface area contributed by atoms with Crippen molar-refractivity contribution in [1.82, 2.24) is 4.98 Å². The van der Waals surface area contributed by atoms with Crippen molar-refractivity contribution in [2.24, 2.45) is 5.73 Å². The van der Waals surface area contributed by atoms with Crippen LogP contribution in [0.2, 0.25) is 0 Å². The van der Waals surface area contributed by atoms with Crippen LogP contribution in [-0.4, -0.2) is 19.7 Å². The first-order valence-corrected chi connectivity index (χ1v) is 7.95. The van der Waals surface area contributed by atoms with E-state index >= 15 is 0 Å². The SMILES string of the molecule is CS(=O)(=O)c1cccc(OCc2ccnc(CN)c2)c1. The molecule has 6 heteroatoms. The maximum Gasteiger partial charge on any atom is 0.175 e. The summed E-state index contributed by atoms with van der Waals surface area (Å²) in [5, 5.41) is 0. The number of ether oxygens (including phenoxy) is 1. The highest BCUT2D eigenvalue weighted by molar-refractivity contribution is 7.90. The Labute approximate surface area is 118 Å². The van der Waals surface area contributed by atoms with E-state index in [1.807, 2.05) is 12.1 Å². The Hall–Kier alpha value is -1.92. The lowest BCUT2D eigenvalue weighted by atomic mass is 10.2. The highest BCUT2D eigenvalue weighted by Crippen LogP contribution is 2.18. The van der Waals surface area contributed by atoms with Crippen molar-refractivity contribution in [1.29, 1.82) is 0 Å². The van der Waals surface area contributed by atoms with Crippen LogP contribution in [0.25, 0.3) is 0 Å². The molecule has 5 nitrogen and oxygen atoms in total. The van der Waals surface area contributed by atoms with Crippen LogP contribution in [0.3, 0.4) is 0 Å². The summed E-state index contributed by atoms with van der Waals surface area (Å²) in [6.07, 6.45) is 2.84. The molecule has 106 valence electrons. The molecule has 0 atom stereocenters. The number of hydrogen-bond acceptors (Lipinski definition) is 5. The predicted molar refractivity (Wildman–Crippen MR) is 76.0 cm³/mol. The molecule has 0 radical (unpaired) electrons. The summed E-state index contributed by atoms with van der Waals surface area (Å²) in [7, 11) is -3.23. The van der Waals surface area contributed by atoms with E-state index in [9.17, 15) is 8.42 Å². The Bertz CT molecular complexity index is 699. The van der Waals surface area contributed by atoms with E-state index < -0.39 is 9.84 Å². The molecule has 0 aliphatic carbocycles. The largest absolute Gasteiger partial charge is 0.489 e. The van der Waals surface area contributed by atoms with Gasteiger partial charge in [-0.25, -0.2) is 8.42 Å². The standard InChI is InChI=1S/C14H16N2O3S/c1-20(17,18)14-4-2-3-13(8-14)19-10-11-5-6-16-12(7-11)9-15/h2-8H,9-10,15H2,1H3. The molecule has 1 heterocycles. The van der Waals surface area contributed by atoms with Crippen molar-refractivity contribution in [3.05, 3.63) is 53.9 Å². The third kappa shape index (κ3) is 3.79. The molecular weight excluding hydrogens is 276 g/mol. The fraction of sp³-hybridized carbons (Fsp3) is 0.214. The van der Waals surface area contributed by atoms with Crippen LogP contribution >= 0.6 is 0 Å². The second kappa shape index (κ2) is 6.02. The van der Waals surface area contributed by atoms with Crippen molar-refractivity contribution in [2.45, 2.75) is 18.0 Å². The summed E-state index contributed by atoms with van der Waals surface area (Å²) >= 11 is 0. The number of rotatable bonds is 5. The molecule has 2 N–H and O–H groups in total. The second-order valence-electron chi connectivity index (χ2n) is 4.40. The Morgan fingerprint density at radius 3 is 2.75 bits per heavy atom. The van der Waals surface area contributed by atoms with Gasteiger partial charge in [0.1, 0.15) is 12.4 Å². The van der Waals surface area contributed by atoms with Gasteiger partial charge in [-0.2, -0.15) is 0 Å². The summed E-state index contributed by atoms with van der Waals surface area (Å²) in [6, 6.07) is 10.1. The van der Waals surface area contributed by atoms with Gasteiger partial charge in [0.15, 0.2) is 9.84 Å². The molecule has 0 bridgehead atoms. The maximum atomic E-state index is 11.5. The van der Waals surface area contributed by atoms with Gasteiger partial charge < -0.3 is 10.5 Å². The Kier molecular flexibility index (Phi) is 4.36. The normalized spacial score (nSPS) is 11.3. The van der Waals surface area contributed by atoms with Crippen molar-refractivity contribution >= 4 is 9.84 Å². The zero-order valence-corrected chi connectivity index (χ0v) is 11.9. The lowest BCUT2D eigenvalue weighted by molar-refractivity contribution is 0.305. The van der Waals surface area contributed by atoms with Gasteiger partial charge in [0.05, 0.1) is 10.6 Å². The summed E-state index contributed by atoms with van der Waals surface area (Å²) in [6.45, 7) is 0.708. The molecule has 0 saturated carbocycles. The van der Waals surface area contributed by atoms with Crippen LogP contribution in [0.4, 0.5) is 0 Å². The van der Waals surface area contributed by atoms with Gasteiger partial charge in [-0.05, 0) is 35.9 Å². The number of hydrogen-bond donors (Lipinski definition) is 1. The molecule has 0 saturated heterocycles. The Morgan fingerprint density at radius 1 is 1.25 bits per heavy atom. The number of nitrogens with zero attached hydrogens (tertiary/aromatic N) is 1. The van der Waals surface area contributed by atoms with Crippen LogP contribution in [-0.2, 0) is 23.0 Å². The molecule has 2 aromatic rings. The number of pyridine rings is 1. The van der Waals surface area contributed by atoms with E-state index in [-0.39, 0.29) is 4.90 Å². The Morgan fingerprint density at radius 2 is 2.05 bits per heavy atom. The number of benzene rings is 1. The lowest BCUT2D eigenvalue weighted by Crippen LogP contribution is -2.02. The number of aromatic nitrogens is 1. The molecule has 0 spiro atoms. The molecule has 20 heavy (non-hydrogen) atoms. The average molecular weight is 292 g/mol. The first-order chi connectivity index (χ1) is 9.49. The van der Waals surface area contributed by atoms with Crippen LogP contribution in [0.15, 0.2) is 47.5 Å². The third-order valence-electron chi connectivity index (χ3n) is 2.73. The molecule has 0 fully saturated rings. The van der Waals surface area contributed by atoms with Gasteiger partial charge in [0.25, 0.3) is 0 Å². The molecule has 1 aromatic carbocycles. The van der Waals surface area contributed by atoms with Crippen LogP contribution in [0.1, 0.15) is 11.3 Å². The first kappa shape index (κ1) is 14.5. The minimum absolute atomic E-state index is 0.243. The zero-order chi connectivity index (χ0) is 14.6. The monoisotopic (exact) mass is 292 g/mol. The second-order valence-corrected chi connectivity index (χ2v) is 6.41. The van der Waals surface area contributed by atoms with Gasteiger partial charge in [-0.3, -0.25) is 4.98 Å². The van der Waals surface area contributed by atoms with E-state index in [4.69, 9.17) is 10.5 Å². The van der Waals surface area contributed by atoms with E-state index in [2.05, 4.69) is 4.98 Å². The minimum atomic E-state index is -3.23. The summed E-state index contributed by atoms with van der Waals surface area (Å²) in [5.74, 6) is 0.513. The maximum absolute atomic E-state index is 11.5. The predicted octanol–water partition coefficient (Wildman–Crippen LogP) is 1.52. The fourth-order valence-corrected chi connectivity index (χ4v) is 2.35. The van der Waals surface area contributed by atoms with Gasteiger partial charge >= 0.3 is 0 Å². The van der Waals surface area contributed by atoms with E-state index in [1.165, 1.54) is 12.3 Å². The molecular formula is C14H16N2O3S. The topological polar surface area (TPSA) is 82.3 Å². The van der Waals surface area contributed by atoms with E-state index in [0.29, 0.717) is 18.9 Å². The highest BCUT2D eigenvalue weighted by atomic mass is 32.2. The molecule has 0 aliphatic rings. The van der Waals surface area contributed by atoms with Crippen LogP contribution < -0.4 is 10.5 Å². The third-order valence-corrected chi connectivity index (χ3v) is 3.84. The minimum Gasteiger partial charge on any atom is -0.489 e. The lowest BCUT2D eigenvalue weighted by Gasteiger charge is -2.08. The number of sulfone groups is 1. The molecule has 0 unspecified atom stereocenters. The first-order valence-electron chi connectivity index (χ1n) is 6.06. The van der Waals surface area contributed by atoms with Crippen LogP contribution in [0, 0.1) is 0 Å². The van der Waals surface area contributed by atoms with E-state index in [0.717, 1.165) is 11.3 Å². The van der Waals surface area contributed by atoms with Gasteiger partial charge in [-0.1, -0.05) is 6.07 Å². The average Bonchev–Trinajstić information content (AvgIpc) is 2.45. The van der Waals surface area contributed by atoms with Crippen molar-refractivity contribution in [3.8, 4) is 5.75 Å². The van der Waals surface area contributed by atoms with Gasteiger partial charge in [-0.15, -0.1) is 0 Å². The zero-order valence-electron chi connectivity index (χ0n) is 11.1. The smallest absolute Gasteiger partial charge is 0.175 e. The fourth-order valence-electron chi connectivity index (χ4n) is 1.69. The molecule has 0 aliphatic heterocycles. The Balaban J connectivity index is 2.11. The summed E-state index contributed by atoms with van der Waals surface area (Å²) in [4.78, 5) is 4.34. The van der Waals surface area contributed by atoms with Gasteiger partial charge in [0.2, 0.25) is 0 Å². The summed E-state index contributed by atoms with van der Waals surface area (Å²) in [5.41, 5.74) is 7.25. The number of nitrogens with two attached hydrogens (primary N) is 1. The van der Waals surface area contributed by atoms with Crippen LogP contribution in [0.5, 0.6) is 5.75 Å².